The van der Waals surface area contributed by atoms with Crippen molar-refractivity contribution in [2.75, 3.05) is 18.0 Å². The van der Waals surface area contributed by atoms with Crippen LogP contribution in [-0.4, -0.2) is 24.4 Å². The molecule has 0 heterocycles. The van der Waals surface area contributed by atoms with Gasteiger partial charge in [-0.1, -0.05) is 6.07 Å². The zero-order valence-corrected chi connectivity index (χ0v) is 12.8. The Hall–Kier alpha value is -2.80. The van der Waals surface area contributed by atoms with E-state index in [0.717, 1.165) is 18.8 Å². The second kappa shape index (κ2) is 7.28. The minimum Gasteiger partial charge on any atom is -0.507 e. The van der Waals surface area contributed by atoms with Crippen molar-refractivity contribution in [1.29, 1.82) is 5.26 Å². The number of hydrogen-bond acceptors (Lipinski definition) is 4. The fourth-order valence-electron chi connectivity index (χ4n) is 2.23. The van der Waals surface area contributed by atoms with Crippen LogP contribution in [0.15, 0.2) is 47.5 Å². The van der Waals surface area contributed by atoms with Crippen LogP contribution in [0.1, 0.15) is 25.0 Å². The van der Waals surface area contributed by atoms with E-state index in [1.807, 2.05) is 18.2 Å². The predicted molar refractivity (Wildman–Crippen MR) is 90.1 cm³/mol. The highest BCUT2D eigenvalue weighted by molar-refractivity contribution is 5.86. The highest BCUT2D eigenvalue weighted by atomic mass is 16.3. The van der Waals surface area contributed by atoms with Crippen LogP contribution < -0.4 is 4.90 Å². The minimum absolute atomic E-state index is 0.199. The maximum atomic E-state index is 10.1. The molecular weight excluding hydrogens is 274 g/mol. The molecule has 0 spiro atoms. The molecule has 0 saturated carbocycles. The van der Waals surface area contributed by atoms with Crippen LogP contribution >= 0.6 is 0 Å². The lowest BCUT2D eigenvalue weighted by molar-refractivity contribution is 0.474. The summed E-state index contributed by atoms with van der Waals surface area (Å²) >= 11 is 0. The molecule has 4 nitrogen and oxygen atoms in total. The molecule has 22 heavy (non-hydrogen) atoms. The number of nitriles is 1. The largest absolute Gasteiger partial charge is 0.507 e. The molecule has 112 valence electrons. The third kappa shape index (κ3) is 3.64. The quantitative estimate of drug-likeness (QED) is 0.851. The van der Waals surface area contributed by atoms with Crippen LogP contribution in [0.5, 0.6) is 5.75 Å². The summed E-state index contributed by atoms with van der Waals surface area (Å²) in [4.78, 5) is 6.47. The first kappa shape index (κ1) is 15.6. The van der Waals surface area contributed by atoms with Crippen molar-refractivity contribution in [2.45, 2.75) is 13.8 Å². The van der Waals surface area contributed by atoms with E-state index in [9.17, 15) is 5.11 Å². The molecular formula is C18H19N3O. The van der Waals surface area contributed by atoms with Gasteiger partial charge in [0.1, 0.15) is 5.75 Å². The summed E-state index contributed by atoms with van der Waals surface area (Å²) in [6.07, 6.45) is 1.61. The van der Waals surface area contributed by atoms with Gasteiger partial charge in [-0.2, -0.15) is 5.26 Å². The fraction of sp³-hybridized carbons (Fsp3) is 0.222. The van der Waals surface area contributed by atoms with Crippen molar-refractivity contribution in [3.05, 3.63) is 53.6 Å². The lowest BCUT2D eigenvalue weighted by Crippen LogP contribution is -2.21. The van der Waals surface area contributed by atoms with Crippen molar-refractivity contribution in [3.63, 3.8) is 0 Å². The number of hydrogen-bond donors (Lipinski definition) is 1. The number of anilines is 1. The predicted octanol–water partition coefficient (Wildman–Crippen LogP) is 3.86. The van der Waals surface area contributed by atoms with E-state index in [2.05, 4.69) is 29.8 Å². The molecule has 2 aromatic rings. The van der Waals surface area contributed by atoms with E-state index in [1.54, 1.807) is 30.5 Å². The number of phenols is 1. The smallest absolute Gasteiger partial charge is 0.126 e. The first-order valence-electron chi connectivity index (χ1n) is 7.30. The molecule has 0 radical (unpaired) electrons. The van der Waals surface area contributed by atoms with Gasteiger partial charge in [-0.05, 0) is 44.2 Å². The summed E-state index contributed by atoms with van der Waals surface area (Å²) in [6, 6.07) is 14.7. The molecule has 1 N–H and O–H groups in total. The Labute approximate surface area is 131 Å². The van der Waals surface area contributed by atoms with Crippen LogP contribution in [-0.2, 0) is 0 Å². The number of aliphatic imine (C=N–C) groups is 1. The molecule has 0 aliphatic carbocycles. The summed E-state index contributed by atoms with van der Waals surface area (Å²) in [5, 5.41) is 19.0. The van der Waals surface area contributed by atoms with Gasteiger partial charge in [-0.25, -0.2) is 0 Å². The highest BCUT2D eigenvalue weighted by Crippen LogP contribution is 2.24. The number of benzene rings is 2. The third-order valence-electron chi connectivity index (χ3n) is 3.47. The first-order valence-corrected chi connectivity index (χ1v) is 7.30. The molecule has 4 heteroatoms. The van der Waals surface area contributed by atoms with Crippen molar-refractivity contribution in [2.24, 2.45) is 4.99 Å². The zero-order valence-electron chi connectivity index (χ0n) is 12.8. The Kier molecular flexibility index (Phi) is 5.16. The normalized spacial score (nSPS) is 10.6. The van der Waals surface area contributed by atoms with Crippen LogP contribution in [0.4, 0.5) is 11.4 Å². The first-order chi connectivity index (χ1) is 10.7. The van der Waals surface area contributed by atoms with E-state index in [0.29, 0.717) is 16.8 Å². The maximum Gasteiger partial charge on any atom is 0.126 e. The van der Waals surface area contributed by atoms with Gasteiger partial charge in [0.15, 0.2) is 0 Å². The molecule has 0 atom stereocenters. The van der Waals surface area contributed by atoms with Gasteiger partial charge in [0.05, 0.1) is 17.3 Å². The molecule has 0 saturated heterocycles. The molecule has 0 amide bonds. The van der Waals surface area contributed by atoms with Gasteiger partial charge in [0.2, 0.25) is 0 Å². The van der Waals surface area contributed by atoms with E-state index in [-0.39, 0.29) is 5.75 Å². The molecule has 2 rings (SSSR count). The van der Waals surface area contributed by atoms with Crippen LogP contribution in [0.3, 0.4) is 0 Å². The monoisotopic (exact) mass is 293 g/mol. The third-order valence-corrected chi connectivity index (χ3v) is 3.47. The molecule has 0 aliphatic rings. The Morgan fingerprint density at radius 2 is 1.95 bits per heavy atom. The van der Waals surface area contributed by atoms with Gasteiger partial charge in [0, 0.05) is 36.6 Å². The maximum absolute atomic E-state index is 10.1. The average molecular weight is 293 g/mol. The van der Waals surface area contributed by atoms with Gasteiger partial charge >= 0.3 is 0 Å². The summed E-state index contributed by atoms with van der Waals surface area (Å²) in [5.74, 6) is 0.199. The lowest BCUT2D eigenvalue weighted by atomic mass is 10.1. The van der Waals surface area contributed by atoms with E-state index < -0.39 is 0 Å². The summed E-state index contributed by atoms with van der Waals surface area (Å²) in [6.45, 7) is 5.95. The van der Waals surface area contributed by atoms with Crippen molar-refractivity contribution >= 4 is 17.6 Å². The number of aromatic hydroxyl groups is 1. The van der Waals surface area contributed by atoms with E-state index in [1.165, 1.54) is 0 Å². The summed E-state index contributed by atoms with van der Waals surface area (Å²) in [7, 11) is 0. The van der Waals surface area contributed by atoms with Gasteiger partial charge in [0.25, 0.3) is 0 Å². The Balaban J connectivity index is 2.23. The Morgan fingerprint density at radius 3 is 2.59 bits per heavy atom. The standard InChI is InChI=1S/C18H19N3O/c1-3-21(4-2)17-9-8-15(18(22)11-17)13-20-16-7-5-6-14(10-16)12-19/h5-11,13,22H,3-4H2,1-2H3. The summed E-state index contributed by atoms with van der Waals surface area (Å²) in [5.41, 5.74) is 2.89. The number of nitrogens with zero attached hydrogens (tertiary/aromatic N) is 3. The average Bonchev–Trinajstić information content (AvgIpc) is 2.55. The SMILES string of the molecule is CCN(CC)c1ccc(C=Nc2cccc(C#N)c2)c(O)c1. The summed E-state index contributed by atoms with van der Waals surface area (Å²) < 4.78 is 0. The second-order valence-electron chi connectivity index (χ2n) is 4.84. The number of rotatable bonds is 5. The topological polar surface area (TPSA) is 59.6 Å². The Morgan fingerprint density at radius 1 is 1.18 bits per heavy atom. The molecule has 0 bridgehead atoms. The zero-order chi connectivity index (χ0) is 15.9. The van der Waals surface area contributed by atoms with E-state index in [4.69, 9.17) is 5.26 Å². The highest BCUT2D eigenvalue weighted by Gasteiger charge is 2.05. The van der Waals surface area contributed by atoms with Gasteiger partial charge < -0.3 is 10.0 Å². The molecule has 0 fully saturated rings. The van der Waals surface area contributed by atoms with Crippen LogP contribution in [0.25, 0.3) is 0 Å². The van der Waals surface area contributed by atoms with Crippen LogP contribution in [0.2, 0.25) is 0 Å². The van der Waals surface area contributed by atoms with Crippen molar-refractivity contribution < 1.29 is 5.11 Å². The van der Waals surface area contributed by atoms with Gasteiger partial charge in [-0.3, -0.25) is 4.99 Å². The molecule has 0 aliphatic heterocycles. The molecule has 0 unspecified atom stereocenters. The molecule has 2 aromatic carbocycles. The lowest BCUT2D eigenvalue weighted by Gasteiger charge is -2.21. The second-order valence-corrected chi connectivity index (χ2v) is 4.84. The van der Waals surface area contributed by atoms with E-state index >= 15 is 0 Å². The number of phenolic OH excluding ortho intramolecular Hbond substituents is 1. The van der Waals surface area contributed by atoms with Gasteiger partial charge in [-0.15, -0.1) is 0 Å². The fourth-order valence-corrected chi connectivity index (χ4v) is 2.23. The molecule has 0 aromatic heterocycles. The Bertz CT molecular complexity index is 713. The minimum atomic E-state index is 0.199. The van der Waals surface area contributed by atoms with Crippen molar-refractivity contribution in [1.82, 2.24) is 0 Å². The van der Waals surface area contributed by atoms with Crippen molar-refractivity contribution in [3.8, 4) is 11.8 Å². The van der Waals surface area contributed by atoms with Crippen LogP contribution in [0, 0.1) is 11.3 Å².